The first-order chi connectivity index (χ1) is 8.59. The Morgan fingerprint density at radius 2 is 2.11 bits per heavy atom. The molecule has 2 aromatic rings. The number of carbonyl (C=O) groups is 1. The maximum Gasteiger partial charge on any atom is 0.303 e. The number of para-hydroxylation sites is 1. The number of hydrogen-bond donors (Lipinski definition) is 0. The van der Waals surface area contributed by atoms with Gasteiger partial charge < -0.3 is 9.30 Å². The Labute approximate surface area is 109 Å². The van der Waals surface area contributed by atoms with Crippen LogP contribution in [-0.2, 0) is 16.6 Å². The first kappa shape index (κ1) is 12.7. The number of nitrogens with zero attached hydrogens (tertiary/aromatic N) is 1. The fraction of sp³-hybridized carbons (Fsp3) is 0.231. The summed E-state index contributed by atoms with van der Waals surface area (Å²) in [5.41, 5.74) is 0.861. The summed E-state index contributed by atoms with van der Waals surface area (Å²) >= 11 is 1.23. The zero-order valence-corrected chi connectivity index (χ0v) is 11.0. The van der Waals surface area contributed by atoms with Crippen molar-refractivity contribution in [3.05, 3.63) is 40.7 Å². The van der Waals surface area contributed by atoms with Crippen LogP contribution in [-0.4, -0.2) is 16.5 Å². The van der Waals surface area contributed by atoms with E-state index in [1.54, 1.807) is 12.3 Å². The van der Waals surface area contributed by atoms with Crippen LogP contribution in [0.25, 0.3) is 10.9 Å². The molecule has 4 nitrogen and oxygen atoms in total. The zero-order valence-electron chi connectivity index (χ0n) is 10.2. The molecule has 18 heavy (non-hydrogen) atoms. The van der Waals surface area contributed by atoms with Crippen LogP contribution in [0.5, 0.6) is 0 Å². The number of fused-ring (bicyclic) bond motifs is 1. The van der Waals surface area contributed by atoms with Crippen LogP contribution in [0.1, 0.15) is 6.92 Å². The fourth-order valence-corrected chi connectivity index (χ4v) is 2.51. The lowest BCUT2D eigenvalue weighted by Crippen LogP contribution is -2.10. The highest BCUT2D eigenvalue weighted by molar-refractivity contribution is 7.99. The van der Waals surface area contributed by atoms with Crippen LogP contribution >= 0.6 is 11.8 Å². The molecular weight excluding hydrogens is 250 g/mol. The third-order valence-electron chi connectivity index (χ3n) is 2.54. The van der Waals surface area contributed by atoms with Crippen molar-refractivity contribution in [3.63, 3.8) is 0 Å². The Morgan fingerprint density at radius 1 is 1.39 bits per heavy atom. The largest absolute Gasteiger partial charge is 0.454 e. The van der Waals surface area contributed by atoms with Crippen molar-refractivity contribution in [2.24, 2.45) is 7.05 Å². The van der Waals surface area contributed by atoms with E-state index >= 15 is 0 Å². The SMILES string of the molecule is CC(=O)OCSc1cn(C)c2ccccc2c1=O. The number of hydrogen-bond acceptors (Lipinski definition) is 4. The molecule has 0 aliphatic carbocycles. The van der Waals surface area contributed by atoms with Gasteiger partial charge in [0, 0.05) is 25.6 Å². The molecule has 0 bridgehead atoms. The van der Waals surface area contributed by atoms with Crippen LogP contribution in [0.15, 0.2) is 40.2 Å². The molecule has 0 amide bonds. The Morgan fingerprint density at radius 3 is 2.83 bits per heavy atom. The molecule has 0 unspecified atom stereocenters. The highest BCUT2D eigenvalue weighted by atomic mass is 32.2. The second-order valence-corrected chi connectivity index (χ2v) is 4.81. The molecule has 0 fully saturated rings. The van der Waals surface area contributed by atoms with Gasteiger partial charge in [-0.15, -0.1) is 0 Å². The van der Waals surface area contributed by atoms with Crippen LogP contribution < -0.4 is 5.43 Å². The Hall–Kier alpha value is -1.75. The van der Waals surface area contributed by atoms with Gasteiger partial charge in [-0.05, 0) is 12.1 Å². The molecule has 0 atom stereocenters. The van der Waals surface area contributed by atoms with Crippen LogP contribution in [0.3, 0.4) is 0 Å². The molecule has 94 valence electrons. The maximum absolute atomic E-state index is 12.2. The van der Waals surface area contributed by atoms with E-state index in [2.05, 4.69) is 0 Å². The van der Waals surface area contributed by atoms with Crippen molar-refractivity contribution in [1.29, 1.82) is 0 Å². The van der Waals surface area contributed by atoms with E-state index in [4.69, 9.17) is 4.74 Å². The maximum atomic E-state index is 12.2. The lowest BCUT2D eigenvalue weighted by molar-refractivity contribution is -0.138. The van der Waals surface area contributed by atoms with Gasteiger partial charge in [0.15, 0.2) is 0 Å². The van der Waals surface area contributed by atoms with Gasteiger partial charge in [-0.2, -0.15) is 0 Å². The van der Waals surface area contributed by atoms with Crippen molar-refractivity contribution in [3.8, 4) is 0 Å². The van der Waals surface area contributed by atoms with Crippen molar-refractivity contribution in [2.45, 2.75) is 11.8 Å². The van der Waals surface area contributed by atoms with E-state index in [0.29, 0.717) is 10.3 Å². The first-order valence-electron chi connectivity index (χ1n) is 5.44. The minimum Gasteiger partial charge on any atom is -0.454 e. The minimum absolute atomic E-state index is 0.0270. The number of aryl methyl sites for hydroxylation is 1. The van der Waals surface area contributed by atoms with Crippen molar-refractivity contribution in [1.82, 2.24) is 4.57 Å². The topological polar surface area (TPSA) is 48.3 Å². The zero-order chi connectivity index (χ0) is 13.1. The normalized spacial score (nSPS) is 10.6. The molecule has 0 radical (unpaired) electrons. The van der Waals surface area contributed by atoms with Crippen LogP contribution in [0, 0.1) is 0 Å². The average Bonchev–Trinajstić information content (AvgIpc) is 2.35. The molecule has 0 saturated carbocycles. The van der Waals surface area contributed by atoms with Crippen molar-refractivity contribution < 1.29 is 9.53 Å². The van der Waals surface area contributed by atoms with E-state index in [1.165, 1.54) is 18.7 Å². The molecule has 5 heteroatoms. The third-order valence-corrected chi connectivity index (χ3v) is 3.38. The first-order valence-corrected chi connectivity index (χ1v) is 6.42. The summed E-state index contributed by atoms with van der Waals surface area (Å²) in [5.74, 6) is -0.191. The number of aromatic nitrogens is 1. The van der Waals surface area contributed by atoms with E-state index in [0.717, 1.165) is 5.52 Å². The predicted molar refractivity (Wildman–Crippen MR) is 71.7 cm³/mol. The van der Waals surface area contributed by atoms with Gasteiger partial charge in [-0.3, -0.25) is 9.59 Å². The van der Waals surface area contributed by atoms with Crippen LogP contribution in [0.4, 0.5) is 0 Å². The van der Waals surface area contributed by atoms with Crippen molar-refractivity contribution in [2.75, 3.05) is 5.94 Å². The lowest BCUT2D eigenvalue weighted by Gasteiger charge is -2.08. The van der Waals surface area contributed by atoms with Gasteiger partial charge in [0.2, 0.25) is 5.43 Å². The number of esters is 1. The quantitative estimate of drug-likeness (QED) is 0.483. The Balaban J connectivity index is 2.37. The smallest absolute Gasteiger partial charge is 0.303 e. The summed E-state index contributed by atoms with van der Waals surface area (Å²) < 4.78 is 6.72. The summed E-state index contributed by atoms with van der Waals surface area (Å²) in [4.78, 5) is 23.4. The molecule has 0 saturated heterocycles. The molecule has 1 aromatic carbocycles. The minimum atomic E-state index is -0.347. The average molecular weight is 263 g/mol. The monoisotopic (exact) mass is 263 g/mol. The van der Waals surface area contributed by atoms with E-state index in [1.807, 2.05) is 29.8 Å². The second-order valence-electron chi connectivity index (χ2n) is 3.85. The molecule has 1 aromatic heterocycles. The summed E-state index contributed by atoms with van der Waals surface area (Å²) in [6.45, 7) is 1.35. The van der Waals surface area contributed by atoms with Crippen LogP contribution in [0.2, 0.25) is 0 Å². The van der Waals surface area contributed by atoms with E-state index in [-0.39, 0.29) is 17.3 Å². The second kappa shape index (κ2) is 5.27. The fourth-order valence-electron chi connectivity index (χ4n) is 1.69. The summed E-state index contributed by atoms with van der Waals surface area (Å²) in [5, 5.41) is 0.674. The molecule has 0 aliphatic heterocycles. The molecule has 1 heterocycles. The summed E-state index contributed by atoms with van der Waals surface area (Å²) in [6, 6.07) is 7.43. The van der Waals surface area contributed by atoms with Gasteiger partial charge >= 0.3 is 5.97 Å². The molecule has 0 aliphatic rings. The molecule has 0 spiro atoms. The summed E-state index contributed by atoms with van der Waals surface area (Å²) in [6.07, 6.45) is 1.76. The number of carbonyl (C=O) groups excluding carboxylic acids is 1. The third kappa shape index (κ3) is 2.56. The molecule has 2 rings (SSSR count). The highest BCUT2D eigenvalue weighted by Crippen LogP contribution is 2.18. The number of pyridine rings is 1. The Bertz CT molecular complexity index is 648. The standard InChI is InChI=1S/C13H13NO3S/c1-9(15)17-8-18-12-7-14(2)11-6-4-3-5-10(11)13(12)16/h3-7H,8H2,1-2H3. The number of thioether (sulfide) groups is 1. The number of ether oxygens (including phenoxy) is 1. The molecular formula is C13H13NO3S. The molecule has 0 N–H and O–H groups in total. The van der Waals surface area contributed by atoms with Gasteiger partial charge in [0.1, 0.15) is 5.94 Å². The van der Waals surface area contributed by atoms with Gasteiger partial charge in [-0.1, -0.05) is 23.9 Å². The van der Waals surface area contributed by atoms with Crippen molar-refractivity contribution >= 4 is 28.6 Å². The Kier molecular flexibility index (Phi) is 3.72. The number of benzene rings is 1. The van der Waals surface area contributed by atoms with E-state index < -0.39 is 0 Å². The van der Waals surface area contributed by atoms with Gasteiger partial charge in [0.05, 0.1) is 10.4 Å². The highest BCUT2D eigenvalue weighted by Gasteiger charge is 2.07. The van der Waals surface area contributed by atoms with E-state index in [9.17, 15) is 9.59 Å². The van der Waals surface area contributed by atoms with Gasteiger partial charge in [0.25, 0.3) is 0 Å². The lowest BCUT2D eigenvalue weighted by atomic mass is 10.2. The summed E-state index contributed by atoms with van der Waals surface area (Å²) in [7, 11) is 1.89. The number of rotatable bonds is 3. The predicted octanol–water partition coefficient (Wildman–Crippen LogP) is 2.15. The van der Waals surface area contributed by atoms with Gasteiger partial charge in [-0.25, -0.2) is 0 Å².